The number of methoxy groups -OCH3 is 4. The maximum absolute atomic E-state index is 12.1. The minimum Gasteiger partial charge on any atom is -0.493 e. The second-order valence-corrected chi connectivity index (χ2v) is 5.30. The first-order valence-corrected chi connectivity index (χ1v) is 7.61. The van der Waals surface area contributed by atoms with Crippen molar-refractivity contribution < 1.29 is 33.3 Å². The molecule has 0 bridgehead atoms. The van der Waals surface area contributed by atoms with Crippen LogP contribution in [-0.4, -0.2) is 47.2 Å². The smallest absolute Gasteiger partial charge is 0.334 e. The second kappa shape index (κ2) is 9.90. The van der Waals surface area contributed by atoms with Gasteiger partial charge in [0.15, 0.2) is 18.3 Å². The van der Waals surface area contributed by atoms with E-state index in [0.29, 0.717) is 27.7 Å². The van der Waals surface area contributed by atoms with Crippen LogP contribution in [0, 0.1) is 0 Å². The molecule has 0 aliphatic heterocycles. The Bertz CT molecular complexity index is 667. The SMILES string of the molecule is COCOC(=O)CC(C(=O)OC)=C(C)c1cc(Cl)c(OC)c(OC)c1. The van der Waals surface area contributed by atoms with E-state index in [-0.39, 0.29) is 18.8 Å². The number of esters is 2. The third kappa shape index (κ3) is 5.37. The van der Waals surface area contributed by atoms with Crippen molar-refractivity contribution in [1.82, 2.24) is 0 Å². The Kier molecular flexibility index (Phi) is 8.24. The minimum atomic E-state index is -0.641. The number of ether oxygens (including phenoxy) is 5. The van der Waals surface area contributed by atoms with Crippen molar-refractivity contribution in [3.8, 4) is 11.5 Å². The average Bonchev–Trinajstić information content (AvgIpc) is 2.62. The van der Waals surface area contributed by atoms with Gasteiger partial charge in [-0.25, -0.2) is 4.79 Å². The summed E-state index contributed by atoms with van der Waals surface area (Å²) in [7, 11) is 5.57. The van der Waals surface area contributed by atoms with Gasteiger partial charge < -0.3 is 23.7 Å². The zero-order valence-corrected chi connectivity index (χ0v) is 15.6. The van der Waals surface area contributed by atoms with Crippen molar-refractivity contribution in [1.29, 1.82) is 0 Å². The number of hydrogen-bond donors (Lipinski definition) is 0. The quantitative estimate of drug-likeness (QED) is 0.394. The van der Waals surface area contributed by atoms with E-state index in [0.717, 1.165) is 0 Å². The van der Waals surface area contributed by atoms with E-state index in [9.17, 15) is 9.59 Å². The van der Waals surface area contributed by atoms with Gasteiger partial charge in [0.1, 0.15) is 0 Å². The fourth-order valence-electron chi connectivity index (χ4n) is 2.11. The normalized spacial score (nSPS) is 11.4. The van der Waals surface area contributed by atoms with E-state index in [1.165, 1.54) is 28.4 Å². The Morgan fingerprint density at radius 2 is 1.76 bits per heavy atom. The highest BCUT2D eigenvalue weighted by atomic mass is 35.5. The largest absolute Gasteiger partial charge is 0.493 e. The van der Waals surface area contributed by atoms with Crippen LogP contribution in [0.25, 0.3) is 5.57 Å². The predicted molar refractivity (Wildman–Crippen MR) is 91.8 cm³/mol. The Balaban J connectivity index is 3.34. The van der Waals surface area contributed by atoms with E-state index in [4.69, 9.17) is 30.5 Å². The van der Waals surface area contributed by atoms with Crippen LogP contribution in [0.4, 0.5) is 0 Å². The first-order valence-electron chi connectivity index (χ1n) is 7.24. The summed E-state index contributed by atoms with van der Waals surface area (Å²) in [6, 6.07) is 3.27. The van der Waals surface area contributed by atoms with E-state index < -0.39 is 11.9 Å². The maximum Gasteiger partial charge on any atom is 0.334 e. The Morgan fingerprint density at radius 3 is 2.28 bits per heavy atom. The van der Waals surface area contributed by atoms with Gasteiger partial charge in [-0.1, -0.05) is 11.6 Å². The molecule has 0 saturated carbocycles. The number of rotatable bonds is 8. The Labute approximate surface area is 151 Å². The molecule has 7 nitrogen and oxygen atoms in total. The summed E-state index contributed by atoms with van der Waals surface area (Å²) < 4.78 is 24.7. The standard InChI is InChI=1S/C17H21ClO7/c1-10(11-6-13(18)16(23-4)14(7-11)22-3)12(17(20)24-5)8-15(19)25-9-21-2/h6-7H,8-9H2,1-5H3. The summed E-state index contributed by atoms with van der Waals surface area (Å²) in [5, 5.41) is 0.308. The van der Waals surface area contributed by atoms with Crippen molar-refractivity contribution in [2.75, 3.05) is 35.2 Å². The monoisotopic (exact) mass is 372 g/mol. The molecule has 8 heteroatoms. The lowest BCUT2D eigenvalue weighted by molar-refractivity contribution is -0.154. The minimum absolute atomic E-state index is 0.145. The number of halogens is 1. The summed E-state index contributed by atoms with van der Waals surface area (Å²) in [6.45, 7) is 1.47. The van der Waals surface area contributed by atoms with E-state index in [1.807, 2.05) is 0 Å². The Morgan fingerprint density at radius 1 is 1.08 bits per heavy atom. The van der Waals surface area contributed by atoms with E-state index >= 15 is 0 Å². The third-order valence-corrected chi connectivity index (χ3v) is 3.69. The van der Waals surface area contributed by atoms with Gasteiger partial charge in [-0.2, -0.15) is 0 Å². The van der Waals surface area contributed by atoms with Crippen molar-refractivity contribution in [3.63, 3.8) is 0 Å². The van der Waals surface area contributed by atoms with Gasteiger partial charge >= 0.3 is 11.9 Å². The highest BCUT2D eigenvalue weighted by Gasteiger charge is 2.21. The summed E-state index contributed by atoms with van der Waals surface area (Å²) in [5.41, 5.74) is 1.23. The number of carbonyl (C=O) groups excluding carboxylic acids is 2. The molecule has 1 aromatic carbocycles. The third-order valence-electron chi connectivity index (χ3n) is 3.41. The lowest BCUT2D eigenvalue weighted by atomic mass is 9.98. The van der Waals surface area contributed by atoms with Crippen LogP contribution in [0.2, 0.25) is 5.02 Å². The van der Waals surface area contributed by atoms with Gasteiger partial charge in [0, 0.05) is 7.11 Å². The number of benzene rings is 1. The molecule has 25 heavy (non-hydrogen) atoms. The fraction of sp³-hybridized carbons (Fsp3) is 0.412. The molecule has 0 aliphatic rings. The van der Waals surface area contributed by atoms with Gasteiger partial charge in [-0.15, -0.1) is 0 Å². The zero-order valence-electron chi connectivity index (χ0n) is 14.8. The van der Waals surface area contributed by atoms with Crippen LogP contribution in [0.1, 0.15) is 18.9 Å². The topological polar surface area (TPSA) is 80.3 Å². The number of allylic oxidation sites excluding steroid dienone is 1. The fourth-order valence-corrected chi connectivity index (χ4v) is 2.40. The molecule has 0 fully saturated rings. The summed E-state index contributed by atoms with van der Waals surface area (Å²) in [5.74, 6) is -0.485. The van der Waals surface area contributed by atoms with Crippen molar-refractivity contribution >= 4 is 29.1 Å². The molecule has 0 aromatic heterocycles. The summed E-state index contributed by atoms with van der Waals surface area (Å²) >= 11 is 6.20. The number of hydrogen-bond acceptors (Lipinski definition) is 7. The molecule has 0 spiro atoms. The summed E-state index contributed by atoms with van der Waals surface area (Å²) in [6.07, 6.45) is -0.270. The Hall–Kier alpha value is -2.25. The molecular weight excluding hydrogens is 352 g/mol. The lowest BCUT2D eigenvalue weighted by Crippen LogP contribution is -2.14. The highest BCUT2D eigenvalue weighted by molar-refractivity contribution is 6.32. The molecule has 0 aliphatic carbocycles. The highest BCUT2D eigenvalue weighted by Crippen LogP contribution is 2.38. The van der Waals surface area contributed by atoms with Crippen LogP contribution in [0.3, 0.4) is 0 Å². The first-order chi connectivity index (χ1) is 11.9. The van der Waals surface area contributed by atoms with E-state index in [2.05, 4.69) is 4.74 Å². The van der Waals surface area contributed by atoms with Gasteiger partial charge in [-0.3, -0.25) is 4.79 Å². The van der Waals surface area contributed by atoms with Crippen molar-refractivity contribution in [3.05, 3.63) is 28.3 Å². The van der Waals surface area contributed by atoms with Crippen LogP contribution in [0.15, 0.2) is 17.7 Å². The molecule has 0 saturated heterocycles. The van der Waals surface area contributed by atoms with Crippen LogP contribution in [0.5, 0.6) is 11.5 Å². The lowest BCUT2D eigenvalue weighted by Gasteiger charge is -2.14. The van der Waals surface area contributed by atoms with Crippen molar-refractivity contribution in [2.24, 2.45) is 0 Å². The molecule has 138 valence electrons. The average molecular weight is 373 g/mol. The van der Waals surface area contributed by atoms with Gasteiger partial charge in [-0.05, 0) is 30.2 Å². The second-order valence-electron chi connectivity index (χ2n) is 4.89. The number of carbonyl (C=O) groups is 2. The van der Waals surface area contributed by atoms with Crippen LogP contribution < -0.4 is 9.47 Å². The molecular formula is C17H21ClO7. The van der Waals surface area contributed by atoms with E-state index in [1.54, 1.807) is 19.1 Å². The van der Waals surface area contributed by atoms with Gasteiger partial charge in [0.25, 0.3) is 0 Å². The maximum atomic E-state index is 12.1. The molecule has 0 N–H and O–H groups in total. The van der Waals surface area contributed by atoms with Crippen molar-refractivity contribution in [2.45, 2.75) is 13.3 Å². The first kappa shape index (κ1) is 20.8. The molecule has 0 amide bonds. The molecule has 0 heterocycles. The zero-order chi connectivity index (χ0) is 19.0. The van der Waals surface area contributed by atoms with Crippen LogP contribution in [-0.2, 0) is 23.8 Å². The molecule has 1 aromatic rings. The van der Waals surface area contributed by atoms with Crippen LogP contribution >= 0.6 is 11.6 Å². The molecule has 0 unspecified atom stereocenters. The van der Waals surface area contributed by atoms with Gasteiger partial charge in [0.05, 0.1) is 38.3 Å². The molecule has 1 rings (SSSR count). The molecule has 0 atom stereocenters. The molecule has 0 radical (unpaired) electrons. The predicted octanol–water partition coefficient (Wildman–Crippen LogP) is 2.84. The summed E-state index contributed by atoms with van der Waals surface area (Å²) in [4.78, 5) is 23.9. The van der Waals surface area contributed by atoms with Gasteiger partial charge in [0.2, 0.25) is 0 Å².